The first kappa shape index (κ1) is 13.6. The average Bonchev–Trinajstić information content (AvgIpc) is 2.32. The minimum atomic E-state index is 0.211. The van der Waals surface area contributed by atoms with Crippen molar-refractivity contribution in [2.75, 3.05) is 0 Å². The first-order valence-corrected chi connectivity index (χ1v) is 7.09. The van der Waals surface area contributed by atoms with Crippen molar-refractivity contribution in [3.8, 4) is 5.88 Å². The number of rotatable bonds is 3. The van der Waals surface area contributed by atoms with Gasteiger partial charge in [-0.05, 0) is 30.6 Å². The molecular weight excluding hydrogens is 248 g/mol. The van der Waals surface area contributed by atoms with Gasteiger partial charge >= 0.3 is 0 Å². The van der Waals surface area contributed by atoms with Gasteiger partial charge in [0.1, 0.15) is 6.10 Å². The van der Waals surface area contributed by atoms with E-state index < -0.39 is 0 Å². The van der Waals surface area contributed by atoms with Crippen LogP contribution < -0.4 is 4.74 Å². The van der Waals surface area contributed by atoms with Gasteiger partial charge in [0.25, 0.3) is 5.88 Å². The van der Waals surface area contributed by atoms with Crippen LogP contribution in [0.5, 0.6) is 5.88 Å². The molecule has 0 radical (unpaired) electrons. The normalized spacial score (nSPS) is 28.4. The molecule has 0 aromatic carbocycles. The Labute approximate surface area is 114 Å². The van der Waals surface area contributed by atoms with Gasteiger partial charge in [-0.15, -0.1) is 0 Å². The van der Waals surface area contributed by atoms with Crippen LogP contribution in [0.2, 0.25) is 5.15 Å². The van der Waals surface area contributed by atoms with Crippen molar-refractivity contribution in [2.45, 2.75) is 46.1 Å². The quantitative estimate of drug-likeness (QED) is 0.832. The Hall–Kier alpha value is -0.830. The molecule has 100 valence electrons. The predicted octanol–water partition coefficient (Wildman–Crippen LogP) is 3.97. The van der Waals surface area contributed by atoms with Gasteiger partial charge in [0.05, 0.1) is 0 Å². The molecule has 1 aliphatic carbocycles. The second-order valence-electron chi connectivity index (χ2n) is 5.63. The van der Waals surface area contributed by atoms with Crippen LogP contribution in [0.4, 0.5) is 0 Å². The molecule has 0 spiro atoms. The largest absolute Gasteiger partial charge is 0.472 e. The third kappa shape index (κ3) is 3.14. The van der Waals surface area contributed by atoms with Crippen molar-refractivity contribution in [2.24, 2.45) is 17.8 Å². The summed E-state index contributed by atoms with van der Waals surface area (Å²) in [6, 6.07) is 0. The van der Waals surface area contributed by atoms with Crippen molar-refractivity contribution >= 4 is 11.6 Å². The molecule has 1 fully saturated rings. The van der Waals surface area contributed by atoms with Crippen LogP contribution in [0.25, 0.3) is 0 Å². The van der Waals surface area contributed by atoms with Crippen molar-refractivity contribution in [1.29, 1.82) is 0 Å². The Kier molecular flexibility index (Phi) is 4.44. The summed E-state index contributed by atoms with van der Waals surface area (Å²) in [6.45, 7) is 6.80. The van der Waals surface area contributed by atoms with Gasteiger partial charge in [-0.2, -0.15) is 0 Å². The van der Waals surface area contributed by atoms with Crippen molar-refractivity contribution in [3.63, 3.8) is 0 Å². The highest BCUT2D eigenvalue weighted by Crippen LogP contribution is 2.36. The monoisotopic (exact) mass is 268 g/mol. The molecule has 1 heterocycles. The highest BCUT2D eigenvalue weighted by atomic mass is 35.5. The zero-order chi connectivity index (χ0) is 13.1. The average molecular weight is 269 g/mol. The summed E-state index contributed by atoms with van der Waals surface area (Å²) in [4.78, 5) is 8.19. The van der Waals surface area contributed by atoms with Crippen LogP contribution >= 0.6 is 11.6 Å². The van der Waals surface area contributed by atoms with Gasteiger partial charge in [-0.25, -0.2) is 9.97 Å². The van der Waals surface area contributed by atoms with E-state index in [0.29, 0.717) is 28.8 Å². The summed E-state index contributed by atoms with van der Waals surface area (Å²) in [5.41, 5.74) is 0. The molecule has 1 aliphatic rings. The summed E-state index contributed by atoms with van der Waals surface area (Å²) in [5.74, 6) is 2.39. The lowest BCUT2D eigenvalue weighted by Gasteiger charge is -2.36. The Morgan fingerprint density at radius 2 is 2.00 bits per heavy atom. The van der Waals surface area contributed by atoms with Gasteiger partial charge in [-0.3, -0.25) is 0 Å². The summed E-state index contributed by atoms with van der Waals surface area (Å²) in [6.07, 6.45) is 7.01. The van der Waals surface area contributed by atoms with E-state index in [4.69, 9.17) is 16.3 Å². The minimum absolute atomic E-state index is 0.211. The van der Waals surface area contributed by atoms with Crippen LogP contribution in [-0.4, -0.2) is 16.1 Å². The summed E-state index contributed by atoms with van der Waals surface area (Å²) >= 11 is 6.01. The summed E-state index contributed by atoms with van der Waals surface area (Å²) in [5, 5.41) is 0.359. The SMILES string of the molecule is CC1CCC(C(C)C)C(Oc2nccnc2Cl)C1. The highest BCUT2D eigenvalue weighted by Gasteiger charge is 2.32. The number of ether oxygens (including phenoxy) is 1. The van der Waals surface area contributed by atoms with Crippen molar-refractivity contribution < 1.29 is 4.74 Å². The smallest absolute Gasteiger partial charge is 0.252 e. The molecule has 2 rings (SSSR count). The van der Waals surface area contributed by atoms with E-state index in [2.05, 4.69) is 30.7 Å². The van der Waals surface area contributed by atoms with E-state index in [1.54, 1.807) is 12.4 Å². The summed E-state index contributed by atoms with van der Waals surface area (Å²) < 4.78 is 6.02. The third-order valence-corrected chi connectivity index (χ3v) is 4.11. The van der Waals surface area contributed by atoms with Crippen molar-refractivity contribution in [1.82, 2.24) is 9.97 Å². The Balaban J connectivity index is 2.11. The number of hydrogen-bond acceptors (Lipinski definition) is 3. The molecule has 3 nitrogen and oxygen atoms in total. The Morgan fingerprint density at radius 1 is 1.28 bits per heavy atom. The molecule has 0 aliphatic heterocycles. The molecule has 0 saturated heterocycles. The fraction of sp³-hybridized carbons (Fsp3) is 0.714. The van der Waals surface area contributed by atoms with Crippen LogP contribution in [0.3, 0.4) is 0 Å². The molecule has 0 N–H and O–H groups in total. The lowest BCUT2D eigenvalue weighted by atomic mass is 9.75. The van der Waals surface area contributed by atoms with E-state index in [0.717, 1.165) is 6.42 Å². The zero-order valence-electron chi connectivity index (χ0n) is 11.3. The highest BCUT2D eigenvalue weighted by molar-refractivity contribution is 6.30. The van der Waals surface area contributed by atoms with E-state index >= 15 is 0 Å². The predicted molar refractivity (Wildman–Crippen MR) is 72.8 cm³/mol. The molecule has 3 atom stereocenters. The van der Waals surface area contributed by atoms with E-state index in [-0.39, 0.29) is 6.10 Å². The van der Waals surface area contributed by atoms with Gasteiger partial charge in [0.2, 0.25) is 0 Å². The number of nitrogens with zero attached hydrogens (tertiary/aromatic N) is 2. The standard InChI is InChI=1S/C14H21ClN2O/c1-9(2)11-5-4-10(3)8-12(11)18-14-13(15)16-6-7-17-14/h6-7,9-12H,4-5,8H2,1-3H3. The van der Waals surface area contributed by atoms with E-state index in [1.807, 2.05) is 0 Å². The summed E-state index contributed by atoms with van der Waals surface area (Å²) in [7, 11) is 0. The van der Waals surface area contributed by atoms with Gasteiger partial charge < -0.3 is 4.74 Å². The topological polar surface area (TPSA) is 35.0 Å². The lowest BCUT2D eigenvalue weighted by Crippen LogP contribution is -2.36. The maximum absolute atomic E-state index is 6.02. The molecule has 1 aromatic heterocycles. The molecule has 3 unspecified atom stereocenters. The van der Waals surface area contributed by atoms with E-state index in [1.165, 1.54) is 12.8 Å². The second kappa shape index (κ2) is 5.87. The maximum Gasteiger partial charge on any atom is 0.252 e. The number of hydrogen-bond donors (Lipinski definition) is 0. The van der Waals surface area contributed by atoms with Gasteiger partial charge in [-0.1, -0.05) is 38.8 Å². The minimum Gasteiger partial charge on any atom is -0.472 e. The van der Waals surface area contributed by atoms with Crippen LogP contribution in [0.1, 0.15) is 40.0 Å². The molecule has 1 aromatic rings. The molecule has 0 bridgehead atoms. The Bertz CT molecular complexity index is 397. The first-order chi connectivity index (χ1) is 8.58. The number of aromatic nitrogens is 2. The Morgan fingerprint density at radius 3 is 2.67 bits per heavy atom. The molecule has 18 heavy (non-hydrogen) atoms. The molecule has 1 saturated carbocycles. The van der Waals surface area contributed by atoms with E-state index in [9.17, 15) is 0 Å². The zero-order valence-corrected chi connectivity index (χ0v) is 12.0. The van der Waals surface area contributed by atoms with Gasteiger partial charge in [0, 0.05) is 12.4 Å². The number of halogens is 1. The van der Waals surface area contributed by atoms with Crippen LogP contribution in [0, 0.1) is 17.8 Å². The molecule has 4 heteroatoms. The third-order valence-electron chi connectivity index (χ3n) is 3.85. The van der Waals surface area contributed by atoms with Crippen LogP contribution in [0.15, 0.2) is 12.4 Å². The molecule has 0 amide bonds. The second-order valence-corrected chi connectivity index (χ2v) is 5.99. The van der Waals surface area contributed by atoms with Crippen molar-refractivity contribution in [3.05, 3.63) is 17.5 Å². The fourth-order valence-electron chi connectivity index (χ4n) is 2.78. The van der Waals surface area contributed by atoms with Crippen LogP contribution in [-0.2, 0) is 0 Å². The first-order valence-electron chi connectivity index (χ1n) is 6.71. The molecular formula is C14H21ClN2O. The lowest BCUT2D eigenvalue weighted by molar-refractivity contribution is 0.0424. The van der Waals surface area contributed by atoms with Gasteiger partial charge in [0.15, 0.2) is 5.15 Å². The maximum atomic E-state index is 6.02. The fourth-order valence-corrected chi connectivity index (χ4v) is 2.93.